The molecule has 0 spiro atoms. The van der Waals surface area contributed by atoms with Crippen LogP contribution in [0.25, 0.3) is 0 Å². The fraction of sp³-hybridized carbons (Fsp3) is 0.222. The summed E-state index contributed by atoms with van der Waals surface area (Å²) in [6, 6.07) is 15.2. The largest absolute Gasteiger partial charge is 0.273 e. The highest BCUT2D eigenvalue weighted by molar-refractivity contribution is 9.10. The fourth-order valence-electron chi connectivity index (χ4n) is 2.07. The molecule has 2 aromatic rings. The molecule has 0 saturated carbocycles. The van der Waals surface area contributed by atoms with Gasteiger partial charge in [-0.2, -0.15) is 0 Å². The van der Waals surface area contributed by atoms with Gasteiger partial charge < -0.3 is 0 Å². The number of aryl methyl sites for hydroxylation is 2. The van der Waals surface area contributed by atoms with Gasteiger partial charge in [0, 0.05) is 16.5 Å². The van der Waals surface area contributed by atoms with E-state index in [1.807, 2.05) is 6.92 Å². The lowest BCUT2D eigenvalue weighted by molar-refractivity contribution is -0.121. The lowest BCUT2D eigenvalue weighted by Gasteiger charge is -2.07. The maximum absolute atomic E-state index is 11.8. The van der Waals surface area contributed by atoms with E-state index in [9.17, 15) is 9.59 Å². The minimum Gasteiger partial charge on any atom is -0.273 e. The van der Waals surface area contributed by atoms with Crippen LogP contribution in [0.5, 0.6) is 0 Å². The van der Waals surface area contributed by atoms with Gasteiger partial charge in [0.05, 0.1) is 0 Å². The third-order valence-electron chi connectivity index (χ3n) is 3.41. The zero-order valence-corrected chi connectivity index (χ0v) is 14.5. The number of rotatable bonds is 5. The molecule has 2 amide bonds. The van der Waals surface area contributed by atoms with Crippen LogP contribution in [0.15, 0.2) is 53.0 Å². The van der Waals surface area contributed by atoms with Crippen LogP contribution in [0.1, 0.15) is 34.3 Å². The van der Waals surface area contributed by atoms with E-state index in [2.05, 4.69) is 51.0 Å². The number of halogens is 1. The first-order valence-electron chi connectivity index (χ1n) is 7.45. The van der Waals surface area contributed by atoms with Gasteiger partial charge in [0.15, 0.2) is 0 Å². The molecule has 0 radical (unpaired) electrons. The third kappa shape index (κ3) is 5.87. The second-order valence-corrected chi connectivity index (χ2v) is 6.26. The second kappa shape index (κ2) is 8.48. The van der Waals surface area contributed by atoms with E-state index in [-0.39, 0.29) is 11.8 Å². The fourth-order valence-corrected chi connectivity index (χ4v) is 2.33. The molecule has 0 aromatic heterocycles. The zero-order valence-electron chi connectivity index (χ0n) is 12.9. The Kier molecular flexibility index (Phi) is 6.35. The summed E-state index contributed by atoms with van der Waals surface area (Å²) in [7, 11) is 0. The van der Waals surface area contributed by atoms with E-state index in [1.165, 1.54) is 11.1 Å². The Balaban J connectivity index is 1.69. The van der Waals surface area contributed by atoms with E-state index in [4.69, 9.17) is 0 Å². The number of carbonyl (C=O) groups is 2. The maximum Gasteiger partial charge on any atom is 0.269 e. The normalized spacial score (nSPS) is 10.2. The number of amides is 2. The van der Waals surface area contributed by atoms with Gasteiger partial charge in [-0.05, 0) is 49.6 Å². The van der Waals surface area contributed by atoms with Gasteiger partial charge in [-0.25, -0.2) is 0 Å². The van der Waals surface area contributed by atoms with Crippen LogP contribution in [0.3, 0.4) is 0 Å². The van der Waals surface area contributed by atoms with Crippen LogP contribution in [-0.2, 0) is 11.2 Å². The zero-order chi connectivity index (χ0) is 16.7. The van der Waals surface area contributed by atoms with Crippen molar-refractivity contribution >= 4 is 27.7 Å². The van der Waals surface area contributed by atoms with Gasteiger partial charge in [-0.1, -0.05) is 45.8 Å². The van der Waals surface area contributed by atoms with Gasteiger partial charge in [-0.3, -0.25) is 20.4 Å². The number of hydrogen-bond acceptors (Lipinski definition) is 2. The van der Waals surface area contributed by atoms with Crippen LogP contribution < -0.4 is 10.9 Å². The van der Waals surface area contributed by atoms with Crippen molar-refractivity contribution in [1.29, 1.82) is 0 Å². The number of nitrogens with one attached hydrogen (secondary N) is 2. The maximum atomic E-state index is 11.8. The Morgan fingerprint density at radius 3 is 2.26 bits per heavy atom. The quantitative estimate of drug-likeness (QED) is 0.786. The second-order valence-electron chi connectivity index (χ2n) is 5.35. The summed E-state index contributed by atoms with van der Waals surface area (Å²) in [5.74, 6) is -0.521. The number of carbonyl (C=O) groups excluding carboxylic acids is 2. The Bertz CT molecular complexity index is 666. The Labute approximate surface area is 144 Å². The van der Waals surface area contributed by atoms with Crippen molar-refractivity contribution < 1.29 is 9.59 Å². The molecule has 0 atom stereocenters. The van der Waals surface area contributed by atoms with Crippen molar-refractivity contribution in [3.8, 4) is 0 Å². The van der Waals surface area contributed by atoms with Gasteiger partial charge in [0.2, 0.25) is 5.91 Å². The first kappa shape index (κ1) is 17.2. The summed E-state index contributed by atoms with van der Waals surface area (Å²) in [4.78, 5) is 23.6. The standard InChI is InChI=1S/C18H19BrN2O2/c1-13-5-7-14(8-6-13)3-2-4-17(22)20-21-18(23)15-9-11-16(19)12-10-15/h5-12H,2-4H2,1H3,(H,20,22)(H,21,23). The van der Waals surface area contributed by atoms with Gasteiger partial charge >= 0.3 is 0 Å². The lowest BCUT2D eigenvalue weighted by atomic mass is 10.1. The van der Waals surface area contributed by atoms with Gasteiger partial charge in [0.1, 0.15) is 0 Å². The number of hydrogen-bond donors (Lipinski definition) is 2. The molecule has 0 saturated heterocycles. The molecule has 0 fully saturated rings. The molecule has 2 N–H and O–H groups in total. The molecule has 2 rings (SSSR count). The van der Waals surface area contributed by atoms with Crippen LogP contribution in [-0.4, -0.2) is 11.8 Å². The molecule has 5 heteroatoms. The Morgan fingerprint density at radius 2 is 1.61 bits per heavy atom. The summed E-state index contributed by atoms with van der Waals surface area (Å²) in [6.45, 7) is 2.05. The third-order valence-corrected chi connectivity index (χ3v) is 3.94. The highest BCUT2D eigenvalue weighted by atomic mass is 79.9. The van der Waals surface area contributed by atoms with Crippen LogP contribution in [0.2, 0.25) is 0 Å². The molecule has 4 nitrogen and oxygen atoms in total. The van der Waals surface area contributed by atoms with Gasteiger partial charge in [-0.15, -0.1) is 0 Å². The topological polar surface area (TPSA) is 58.2 Å². The van der Waals surface area contributed by atoms with E-state index >= 15 is 0 Å². The summed E-state index contributed by atoms with van der Waals surface area (Å²) in [5.41, 5.74) is 7.79. The van der Waals surface area contributed by atoms with Crippen molar-refractivity contribution in [3.05, 3.63) is 69.7 Å². The van der Waals surface area contributed by atoms with E-state index < -0.39 is 0 Å². The number of benzene rings is 2. The van der Waals surface area contributed by atoms with Crippen LogP contribution in [0.4, 0.5) is 0 Å². The summed E-state index contributed by atoms with van der Waals surface area (Å²) < 4.78 is 0.897. The monoisotopic (exact) mass is 374 g/mol. The molecule has 0 unspecified atom stereocenters. The molecule has 0 aliphatic carbocycles. The number of hydrazine groups is 1. The smallest absolute Gasteiger partial charge is 0.269 e. The average Bonchev–Trinajstić information content (AvgIpc) is 2.55. The van der Waals surface area contributed by atoms with E-state index in [1.54, 1.807) is 24.3 Å². The molecule has 0 aliphatic rings. The molecule has 23 heavy (non-hydrogen) atoms. The molecular weight excluding hydrogens is 356 g/mol. The van der Waals surface area contributed by atoms with Crippen LogP contribution >= 0.6 is 15.9 Å². The molecular formula is C18H19BrN2O2. The summed E-state index contributed by atoms with van der Waals surface area (Å²) in [5, 5.41) is 0. The van der Waals surface area contributed by atoms with Crippen molar-refractivity contribution in [2.75, 3.05) is 0 Å². The summed E-state index contributed by atoms with van der Waals surface area (Å²) in [6.07, 6.45) is 1.95. The first-order valence-corrected chi connectivity index (χ1v) is 8.24. The van der Waals surface area contributed by atoms with Crippen molar-refractivity contribution in [2.45, 2.75) is 26.2 Å². The predicted octanol–water partition coefficient (Wildman–Crippen LogP) is 3.54. The SMILES string of the molecule is Cc1ccc(CCCC(=O)NNC(=O)c2ccc(Br)cc2)cc1. The molecule has 0 aliphatic heterocycles. The molecule has 0 bridgehead atoms. The first-order chi connectivity index (χ1) is 11.0. The molecule has 0 heterocycles. The Morgan fingerprint density at radius 1 is 0.957 bits per heavy atom. The lowest BCUT2D eigenvalue weighted by Crippen LogP contribution is -2.41. The van der Waals surface area contributed by atoms with Crippen molar-refractivity contribution in [3.63, 3.8) is 0 Å². The van der Waals surface area contributed by atoms with Crippen molar-refractivity contribution in [2.24, 2.45) is 0 Å². The highest BCUT2D eigenvalue weighted by Gasteiger charge is 2.07. The van der Waals surface area contributed by atoms with Gasteiger partial charge in [0.25, 0.3) is 5.91 Å². The predicted molar refractivity (Wildman–Crippen MR) is 93.9 cm³/mol. The molecule has 120 valence electrons. The summed E-state index contributed by atoms with van der Waals surface area (Å²) >= 11 is 3.31. The minimum atomic E-state index is -0.329. The average molecular weight is 375 g/mol. The van der Waals surface area contributed by atoms with Crippen LogP contribution in [0, 0.1) is 6.92 Å². The van der Waals surface area contributed by atoms with E-state index in [0.29, 0.717) is 12.0 Å². The highest BCUT2D eigenvalue weighted by Crippen LogP contribution is 2.10. The van der Waals surface area contributed by atoms with Crippen molar-refractivity contribution in [1.82, 2.24) is 10.9 Å². The minimum absolute atomic E-state index is 0.192. The molecule has 2 aromatic carbocycles. The van der Waals surface area contributed by atoms with E-state index in [0.717, 1.165) is 17.3 Å². The Hall–Kier alpha value is -2.14.